The van der Waals surface area contributed by atoms with E-state index in [-0.39, 0.29) is 33.7 Å². The van der Waals surface area contributed by atoms with Crippen LogP contribution >= 0.6 is 70.3 Å². The lowest BCUT2D eigenvalue weighted by Crippen LogP contribution is -2.23. The van der Waals surface area contributed by atoms with Gasteiger partial charge in [0, 0.05) is 37.0 Å². The van der Waals surface area contributed by atoms with Crippen molar-refractivity contribution in [2.24, 2.45) is 0 Å². The highest BCUT2D eigenvalue weighted by Crippen LogP contribution is 2.26. The molecule has 0 unspecified atom stereocenters. The van der Waals surface area contributed by atoms with E-state index in [4.69, 9.17) is 43.2 Å². The van der Waals surface area contributed by atoms with E-state index in [1.165, 1.54) is 41.6 Å². The van der Waals surface area contributed by atoms with Gasteiger partial charge in [-0.25, -0.2) is 38.3 Å². The third-order valence-corrected chi connectivity index (χ3v) is 9.64. The Hall–Kier alpha value is -3.83. The van der Waals surface area contributed by atoms with E-state index in [0.29, 0.717) is 61.2 Å². The molecule has 0 aromatic carbocycles. The molecule has 302 valence electrons. The summed E-state index contributed by atoms with van der Waals surface area (Å²) in [6.07, 6.45) is 6.12. The fourth-order valence-corrected chi connectivity index (χ4v) is 6.72. The number of sulfone groups is 1. The Morgan fingerprint density at radius 2 is 1.29 bits per heavy atom. The lowest BCUT2D eigenvalue weighted by molar-refractivity contribution is -0.155. The molecule has 4 aromatic rings. The van der Waals surface area contributed by atoms with Crippen LogP contribution in [0.3, 0.4) is 0 Å². The van der Waals surface area contributed by atoms with Crippen molar-refractivity contribution in [1.29, 1.82) is 10.5 Å². The molecule has 4 heterocycles. The van der Waals surface area contributed by atoms with Gasteiger partial charge in [0.2, 0.25) is 15.0 Å². The topological polar surface area (TPSA) is 236 Å². The number of hydrogen-bond donors (Lipinski definition) is 3. The van der Waals surface area contributed by atoms with Crippen LogP contribution in [-0.4, -0.2) is 79.2 Å². The van der Waals surface area contributed by atoms with E-state index in [0.717, 1.165) is 29.8 Å². The predicted molar refractivity (Wildman–Crippen MR) is 222 cm³/mol. The van der Waals surface area contributed by atoms with Gasteiger partial charge < -0.3 is 20.1 Å². The molecule has 16 nitrogen and oxygen atoms in total. The minimum Gasteiger partial charge on any atom is -0.460 e. The number of rotatable bonds is 13. The van der Waals surface area contributed by atoms with Crippen LogP contribution in [-0.2, 0) is 28.9 Å². The Morgan fingerprint density at radius 1 is 0.821 bits per heavy atom. The lowest BCUT2D eigenvalue weighted by Gasteiger charge is -2.19. The second kappa shape index (κ2) is 22.8. The van der Waals surface area contributed by atoms with E-state index in [1.807, 2.05) is 53.7 Å². The van der Waals surface area contributed by atoms with Crippen LogP contribution in [0.2, 0.25) is 10.3 Å². The van der Waals surface area contributed by atoms with Crippen LogP contribution in [0.15, 0.2) is 34.8 Å². The van der Waals surface area contributed by atoms with Crippen molar-refractivity contribution in [3.8, 4) is 12.1 Å². The molecule has 4 aromatic heterocycles. The molecule has 0 saturated carbocycles. The largest absolute Gasteiger partial charge is 0.460 e. The van der Waals surface area contributed by atoms with Crippen LogP contribution in [0.4, 0.5) is 21.9 Å². The van der Waals surface area contributed by atoms with E-state index in [1.54, 1.807) is 6.07 Å². The van der Waals surface area contributed by atoms with Gasteiger partial charge in [0.1, 0.15) is 55.0 Å². The second-order valence-corrected chi connectivity index (χ2v) is 19.2. The summed E-state index contributed by atoms with van der Waals surface area (Å²) in [5, 5.41) is 24.7. The van der Waals surface area contributed by atoms with Gasteiger partial charge in [-0.3, -0.25) is 9.59 Å². The highest BCUT2D eigenvalue weighted by atomic mass is 35.5. The Balaban J connectivity index is 0.000000316. The van der Waals surface area contributed by atoms with Crippen LogP contribution in [0.25, 0.3) is 0 Å². The number of nitrogens with one attached hydrogen (secondary N) is 2. The first-order valence-electron chi connectivity index (χ1n) is 16.3. The van der Waals surface area contributed by atoms with Gasteiger partial charge in [-0.15, -0.1) is 0 Å². The van der Waals surface area contributed by atoms with Crippen LogP contribution < -0.4 is 10.6 Å². The maximum atomic E-state index is 11.7. The number of carbonyl (C=O) groups is 2. The summed E-state index contributed by atoms with van der Waals surface area (Å²) in [6.45, 7) is 11.1. The third kappa shape index (κ3) is 20.4. The molecule has 0 amide bonds. The van der Waals surface area contributed by atoms with Crippen molar-refractivity contribution < 1.29 is 27.5 Å². The number of hydrogen-bond acceptors (Lipinski definition) is 20. The highest BCUT2D eigenvalue weighted by molar-refractivity contribution is 7.99. The summed E-state index contributed by atoms with van der Waals surface area (Å²) in [7, 11) is -3.56. The van der Waals surface area contributed by atoms with Crippen LogP contribution in [0, 0.1) is 22.7 Å². The Kier molecular flexibility index (Phi) is 19.7. The molecule has 0 atom stereocenters. The molecule has 0 aliphatic rings. The number of carbonyl (C=O) groups excluding carboxylic acids is 2. The van der Waals surface area contributed by atoms with Crippen molar-refractivity contribution in [3.63, 3.8) is 0 Å². The van der Waals surface area contributed by atoms with Gasteiger partial charge >= 0.3 is 11.9 Å². The number of nitrogens with zero attached hydrogens (tertiary/aromatic N) is 8. The van der Waals surface area contributed by atoms with Crippen LogP contribution in [0.1, 0.15) is 77.0 Å². The summed E-state index contributed by atoms with van der Waals surface area (Å²) in [5.41, 5.74) is -0.824. The average Bonchev–Trinajstić information content (AvgIpc) is 3.73. The maximum Gasteiger partial charge on any atom is 0.306 e. The molecule has 56 heavy (non-hydrogen) atoms. The number of anilines is 4. The number of nitriles is 2. The Labute approximate surface area is 353 Å². The first kappa shape index (κ1) is 48.3. The number of esters is 2. The lowest BCUT2D eigenvalue weighted by atomic mass is 10.2. The standard InChI is InChI=1S/C16H18ClN5O2S2.C9H6ClN5O2S2.C8H16O2S/c1-16(2,3)24-13(23)5-4-6-25-15-20-11(17)7-12(22-15)21-14-19-9-10(8-18)26-14;1-19(16,17)9-13-6(10)2-7(15-9)14-8-12-4-5(3-11)18-8;1-8(2,3)10-7(9)5-4-6-11/h7,9H,4-6H2,1-3H3,(H,19,20,21,22);2,4H,1H3,(H,12,13,14,15);11H,4-6H2,1-3H3. The van der Waals surface area contributed by atoms with Crippen LogP contribution in [0.5, 0.6) is 0 Å². The van der Waals surface area contributed by atoms with Crippen molar-refractivity contribution in [1.82, 2.24) is 29.9 Å². The molecule has 2 N–H and O–H groups in total. The van der Waals surface area contributed by atoms with Gasteiger partial charge in [0.15, 0.2) is 15.4 Å². The quantitative estimate of drug-likeness (QED) is 0.0287. The number of thioether (sulfide) groups is 1. The fourth-order valence-electron chi connectivity index (χ4n) is 3.53. The maximum absolute atomic E-state index is 11.7. The van der Waals surface area contributed by atoms with Gasteiger partial charge in [-0.05, 0) is 60.1 Å². The summed E-state index contributed by atoms with van der Waals surface area (Å²) in [6, 6.07) is 6.92. The van der Waals surface area contributed by atoms with E-state index in [9.17, 15) is 18.0 Å². The van der Waals surface area contributed by atoms with E-state index < -0.39 is 15.4 Å². The predicted octanol–water partition coefficient (Wildman–Crippen LogP) is 8.06. The monoisotopic (exact) mass is 902 g/mol. The molecule has 0 spiro atoms. The summed E-state index contributed by atoms with van der Waals surface area (Å²) >= 11 is 19.5. The fraction of sp³-hybridized carbons (Fsp3) is 0.455. The van der Waals surface area contributed by atoms with Crippen molar-refractivity contribution >= 4 is 114 Å². The van der Waals surface area contributed by atoms with E-state index >= 15 is 0 Å². The molecule has 0 aliphatic heterocycles. The molecule has 0 fully saturated rings. The number of thiazole rings is 2. The zero-order valence-electron chi connectivity index (χ0n) is 31.4. The van der Waals surface area contributed by atoms with Gasteiger partial charge in [0.25, 0.3) is 0 Å². The first-order valence-corrected chi connectivity index (χ1v) is 22.2. The molecule has 4 rings (SSSR count). The highest BCUT2D eigenvalue weighted by Gasteiger charge is 2.17. The third-order valence-electron chi connectivity index (χ3n) is 5.52. The number of ether oxygens (including phenoxy) is 2. The SMILES string of the molecule is CC(C)(C)OC(=O)CCCS.CC(C)(C)OC(=O)CCCSc1nc(Cl)cc(Nc2ncc(C#N)s2)n1.CS(=O)(=O)c1nc(Cl)cc(Nc2ncc(C#N)s2)n1. The summed E-state index contributed by atoms with van der Waals surface area (Å²) in [4.78, 5) is 47.6. The summed E-state index contributed by atoms with van der Waals surface area (Å²) < 4.78 is 33.1. The molecular weight excluding hydrogens is 864 g/mol. The minimum absolute atomic E-state index is 0.00464. The number of thiol groups is 1. The van der Waals surface area contributed by atoms with Crippen molar-refractivity contribution in [2.75, 3.05) is 28.4 Å². The van der Waals surface area contributed by atoms with E-state index in [2.05, 4.69) is 53.2 Å². The number of halogens is 2. The Bertz CT molecular complexity index is 2120. The molecule has 23 heteroatoms. The molecular formula is C33H40Cl2N10O6S5. The van der Waals surface area contributed by atoms with Crippen molar-refractivity contribution in [2.45, 2.75) is 88.7 Å². The molecule has 0 saturated heterocycles. The molecule has 0 bridgehead atoms. The normalized spacial score (nSPS) is 11.1. The smallest absolute Gasteiger partial charge is 0.306 e. The Morgan fingerprint density at radius 3 is 1.71 bits per heavy atom. The van der Waals surface area contributed by atoms with Crippen molar-refractivity contribution in [3.05, 3.63) is 44.6 Å². The summed E-state index contributed by atoms with van der Waals surface area (Å²) in [5.74, 6) is 1.74. The zero-order valence-corrected chi connectivity index (χ0v) is 37.1. The zero-order chi connectivity index (χ0) is 42.1. The minimum atomic E-state index is -3.56. The van der Waals surface area contributed by atoms with Gasteiger partial charge in [-0.2, -0.15) is 23.2 Å². The second-order valence-electron chi connectivity index (χ2n) is 13.0. The van der Waals surface area contributed by atoms with Gasteiger partial charge in [-0.1, -0.05) is 57.6 Å². The first-order chi connectivity index (χ1) is 26.1. The van der Waals surface area contributed by atoms with Gasteiger partial charge in [0.05, 0.1) is 12.4 Å². The molecule has 0 aliphatic carbocycles. The average molecular weight is 904 g/mol. The molecule has 0 radical (unpaired) electrons. The number of aromatic nitrogens is 6.